The Balaban J connectivity index is 1.50. The molecule has 41 heavy (non-hydrogen) atoms. The highest BCUT2D eigenvalue weighted by Crippen LogP contribution is 2.30. The highest BCUT2D eigenvalue weighted by molar-refractivity contribution is 7.90. The molecule has 8 nitrogen and oxygen atoms in total. The Morgan fingerprint density at radius 3 is 2.29 bits per heavy atom. The standard InChI is InChI=1S/C32H35N3O5S/c1-23-12-8-9-15-25(23)21-34(30(36)22-35-32(38)27-18-10-11-19-29(27)41(35,39)40)28(20-24-13-4-2-5-14-24)31(37)33-26-16-6-3-7-17-26/h2,4-5,8-15,18-19,26,28H,3,6-7,16-17,20-22H2,1H3,(H,33,37)/t28-/m0/s1. The number of hydrogen-bond donors (Lipinski definition) is 1. The Bertz CT molecular complexity index is 1530. The molecular formula is C32H35N3O5S. The van der Waals surface area contributed by atoms with Gasteiger partial charge in [0.2, 0.25) is 11.8 Å². The summed E-state index contributed by atoms with van der Waals surface area (Å²) < 4.78 is 27.2. The third-order valence-corrected chi connectivity index (χ3v) is 9.80. The molecule has 9 heteroatoms. The number of nitrogens with one attached hydrogen (secondary N) is 1. The molecular weight excluding hydrogens is 538 g/mol. The van der Waals surface area contributed by atoms with Gasteiger partial charge >= 0.3 is 0 Å². The van der Waals surface area contributed by atoms with E-state index in [1.54, 1.807) is 12.1 Å². The van der Waals surface area contributed by atoms with E-state index >= 15 is 0 Å². The lowest BCUT2D eigenvalue weighted by Crippen LogP contribution is -2.55. The van der Waals surface area contributed by atoms with E-state index in [-0.39, 0.29) is 35.4 Å². The Morgan fingerprint density at radius 2 is 1.59 bits per heavy atom. The second-order valence-corrected chi connectivity index (χ2v) is 12.6. The van der Waals surface area contributed by atoms with Crippen molar-refractivity contribution in [2.45, 2.75) is 69.0 Å². The number of carbonyl (C=O) groups excluding carboxylic acids is 3. The maximum Gasteiger partial charge on any atom is 0.269 e. The van der Waals surface area contributed by atoms with Gasteiger partial charge in [0.1, 0.15) is 17.5 Å². The first-order chi connectivity index (χ1) is 19.8. The van der Waals surface area contributed by atoms with Crippen molar-refractivity contribution in [3.05, 3.63) is 101 Å². The minimum absolute atomic E-state index is 0.0278. The first-order valence-corrected chi connectivity index (χ1v) is 15.5. The van der Waals surface area contributed by atoms with Crippen molar-refractivity contribution in [1.29, 1.82) is 0 Å². The third-order valence-electron chi connectivity index (χ3n) is 8.02. The van der Waals surface area contributed by atoms with Gasteiger partial charge in [0.15, 0.2) is 0 Å². The summed E-state index contributed by atoms with van der Waals surface area (Å²) in [5.74, 6) is -1.63. The molecule has 1 saturated carbocycles. The number of rotatable bonds is 9. The molecule has 0 bridgehead atoms. The molecule has 0 unspecified atom stereocenters. The molecule has 1 fully saturated rings. The molecule has 0 radical (unpaired) electrons. The molecule has 1 N–H and O–H groups in total. The Morgan fingerprint density at radius 1 is 0.927 bits per heavy atom. The van der Waals surface area contributed by atoms with E-state index in [1.165, 1.54) is 17.0 Å². The van der Waals surface area contributed by atoms with Crippen LogP contribution in [0.4, 0.5) is 0 Å². The predicted molar refractivity (Wildman–Crippen MR) is 155 cm³/mol. The van der Waals surface area contributed by atoms with E-state index in [4.69, 9.17) is 0 Å². The van der Waals surface area contributed by atoms with E-state index in [9.17, 15) is 22.8 Å². The van der Waals surface area contributed by atoms with Crippen LogP contribution in [-0.4, -0.2) is 54.0 Å². The summed E-state index contributed by atoms with van der Waals surface area (Å²) in [5, 5.41) is 3.18. The quantitative estimate of drug-likeness (QED) is 0.413. The summed E-state index contributed by atoms with van der Waals surface area (Å²) in [6, 6.07) is 22.1. The molecule has 3 aromatic rings. The van der Waals surface area contributed by atoms with Gasteiger partial charge in [-0.05, 0) is 48.6 Å². The molecule has 5 rings (SSSR count). The van der Waals surface area contributed by atoms with Crippen molar-refractivity contribution >= 4 is 27.7 Å². The fraction of sp³-hybridized carbons (Fsp3) is 0.344. The van der Waals surface area contributed by atoms with Crippen molar-refractivity contribution in [3.63, 3.8) is 0 Å². The number of aryl methyl sites for hydroxylation is 1. The zero-order chi connectivity index (χ0) is 29.0. The minimum Gasteiger partial charge on any atom is -0.352 e. The van der Waals surface area contributed by atoms with Crippen molar-refractivity contribution in [1.82, 2.24) is 14.5 Å². The van der Waals surface area contributed by atoms with Crippen LogP contribution in [0.15, 0.2) is 83.8 Å². The molecule has 3 aromatic carbocycles. The first-order valence-electron chi connectivity index (χ1n) is 14.1. The Hall–Kier alpha value is -3.98. The minimum atomic E-state index is -4.20. The summed E-state index contributed by atoms with van der Waals surface area (Å²) in [6.07, 6.45) is 5.23. The average molecular weight is 574 g/mol. The summed E-state index contributed by atoms with van der Waals surface area (Å²) in [5.41, 5.74) is 2.69. The lowest BCUT2D eigenvalue weighted by Gasteiger charge is -2.34. The number of amides is 3. The van der Waals surface area contributed by atoms with Gasteiger partial charge in [0.25, 0.3) is 15.9 Å². The van der Waals surface area contributed by atoms with Gasteiger partial charge in [0, 0.05) is 19.0 Å². The molecule has 1 aliphatic carbocycles. The lowest BCUT2D eigenvalue weighted by molar-refractivity contribution is -0.141. The van der Waals surface area contributed by atoms with E-state index in [1.807, 2.05) is 61.5 Å². The Labute approximate surface area is 241 Å². The molecule has 3 amide bonds. The van der Waals surface area contributed by atoms with Crippen molar-refractivity contribution < 1.29 is 22.8 Å². The number of nitrogens with zero attached hydrogens (tertiary/aromatic N) is 2. The maximum atomic E-state index is 14.1. The van der Waals surface area contributed by atoms with Gasteiger partial charge in [0.05, 0.1) is 5.56 Å². The lowest BCUT2D eigenvalue weighted by atomic mass is 9.94. The van der Waals surface area contributed by atoms with Crippen LogP contribution in [0.2, 0.25) is 0 Å². The van der Waals surface area contributed by atoms with Gasteiger partial charge in [-0.15, -0.1) is 0 Å². The molecule has 1 heterocycles. The van der Waals surface area contributed by atoms with Crippen molar-refractivity contribution in [2.24, 2.45) is 0 Å². The van der Waals surface area contributed by atoms with Crippen molar-refractivity contribution in [3.8, 4) is 0 Å². The number of sulfonamides is 1. The fourth-order valence-corrected chi connectivity index (χ4v) is 7.19. The molecule has 0 aromatic heterocycles. The highest BCUT2D eigenvalue weighted by Gasteiger charge is 2.43. The van der Waals surface area contributed by atoms with Gasteiger partial charge in [-0.3, -0.25) is 14.4 Å². The van der Waals surface area contributed by atoms with Crippen LogP contribution in [-0.2, 0) is 32.6 Å². The summed E-state index contributed by atoms with van der Waals surface area (Å²) in [6.45, 7) is 1.33. The van der Waals surface area contributed by atoms with Crippen LogP contribution < -0.4 is 5.32 Å². The van der Waals surface area contributed by atoms with Gasteiger partial charge in [-0.1, -0.05) is 86.0 Å². The van der Waals surface area contributed by atoms with E-state index in [2.05, 4.69) is 5.32 Å². The summed E-state index contributed by atoms with van der Waals surface area (Å²) in [4.78, 5) is 42.5. The topological polar surface area (TPSA) is 104 Å². The van der Waals surface area contributed by atoms with Crippen LogP contribution in [0.1, 0.15) is 59.2 Å². The van der Waals surface area contributed by atoms with Crippen LogP contribution in [0.5, 0.6) is 0 Å². The zero-order valence-electron chi connectivity index (χ0n) is 23.2. The third kappa shape index (κ3) is 6.20. The van der Waals surface area contributed by atoms with Crippen LogP contribution >= 0.6 is 0 Å². The number of carbonyl (C=O) groups is 3. The second-order valence-electron chi connectivity index (χ2n) is 10.8. The van der Waals surface area contributed by atoms with Crippen LogP contribution in [0.25, 0.3) is 0 Å². The SMILES string of the molecule is Cc1ccccc1CN(C(=O)CN1C(=O)c2ccccc2S1(=O)=O)[C@@H](Cc1ccccc1)C(=O)NC1CCCCC1. The highest BCUT2D eigenvalue weighted by atomic mass is 32.2. The first kappa shape index (κ1) is 28.5. The van der Waals surface area contributed by atoms with Gasteiger partial charge in [-0.2, -0.15) is 0 Å². The smallest absolute Gasteiger partial charge is 0.269 e. The molecule has 2 aliphatic rings. The van der Waals surface area contributed by atoms with E-state index in [0.29, 0.717) is 4.31 Å². The maximum absolute atomic E-state index is 14.1. The number of fused-ring (bicyclic) bond motifs is 1. The summed E-state index contributed by atoms with van der Waals surface area (Å²) in [7, 11) is -4.20. The Kier molecular flexibility index (Phi) is 8.54. The zero-order valence-corrected chi connectivity index (χ0v) is 24.0. The van der Waals surface area contributed by atoms with Crippen LogP contribution in [0, 0.1) is 6.92 Å². The van der Waals surface area contributed by atoms with Crippen molar-refractivity contribution in [2.75, 3.05) is 6.54 Å². The van der Waals surface area contributed by atoms with Gasteiger partial charge in [-0.25, -0.2) is 12.7 Å². The van der Waals surface area contributed by atoms with E-state index in [0.717, 1.165) is 48.8 Å². The average Bonchev–Trinajstić information content (AvgIpc) is 3.17. The number of hydrogen-bond acceptors (Lipinski definition) is 5. The largest absolute Gasteiger partial charge is 0.352 e. The molecule has 0 saturated heterocycles. The normalized spacial score (nSPS) is 17.1. The van der Waals surface area contributed by atoms with Crippen LogP contribution in [0.3, 0.4) is 0 Å². The second kappa shape index (κ2) is 12.3. The predicted octanol–water partition coefficient (Wildman–Crippen LogP) is 4.23. The number of benzene rings is 3. The molecule has 214 valence electrons. The monoisotopic (exact) mass is 573 g/mol. The van der Waals surface area contributed by atoms with Gasteiger partial charge < -0.3 is 10.2 Å². The summed E-state index contributed by atoms with van der Waals surface area (Å²) >= 11 is 0. The molecule has 1 atom stereocenters. The van der Waals surface area contributed by atoms with E-state index < -0.39 is 34.4 Å². The molecule has 1 aliphatic heterocycles. The fourth-order valence-electron chi connectivity index (χ4n) is 5.67. The molecule has 0 spiro atoms.